The van der Waals surface area contributed by atoms with Gasteiger partial charge in [0.25, 0.3) is 0 Å². The van der Waals surface area contributed by atoms with Crippen LogP contribution in [0.25, 0.3) is 0 Å². The van der Waals surface area contributed by atoms with Crippen molar-refractivity contribution in [1.29, 1.82) is 0 Å². The number of hydrogen-bond donors (Lipinski definition) is 1. The minimum absolute atomic E-state index is 0.250. The molecule has 1 fully saturated rings. The average molecular weight is 242 g/mol. The smallest absolute Gasteiger partial charge is 0.0502 e. The van der Waals surface area contributed by atoms with E-state index in [1.807, 2.05) is 7.11 Å². The molecular weight excluding hydrogens is 212 g/mol. The molecule has 0 aliphatic carbocycles. The highest BCUT2D eigenvalue weighted by molar-refractivity contribution is 4.74. The fourth-order valence-corrected chi connectivity index (χ4v) is 2.49. The third-order valence-corrected chi connectivity index (χ3v) is 3.31. The van der Waals surface area contributed by atoms with E-state index in [1.54, 1.807) is 0 Å². The molecule has 1 atom stereocenters. The summed E-state index contributed by atoms with van der Waals surface area (Å²) in [5.41, 5.74) is 0.250. The highest BCUT2D eigenvalue weighted by atomic mass is 16.5. The molecule has 102 valence electrons. The van der Waals surface area contributed by atoms with Gasteiger partial charge < -0.3 is 15.0 Å². The molecule has 1 unspecified atom stereocenters. The number of rotatable bonds is 6. The summed E-state index contributed by atoms with van der Waals surface area (Å²) in [7, 11) is 1.81. The molecule has 0 aromatic heterocycles. The Morgan fingerprint density at radius 2 is 2.12 bits per heavy atom. The molecule has 1 aliphatic rings. The highest BCUT2D eigenvalue weighted by Crippen LogP contribution is 2.16. The van der Waals surface area contributed by atoms with Gasteiger partial charge >= 0.3 is 0 Å². The Labute approximate surface area is 107 Å². The summed E-state index contributed by atoms with van der Waals surface area (Å²) in [4.78, 5) is 2.59. The molecule has 1 heterocycles. The number of hydrogen-bond acceptors (Lipinski definition) is 3. The molecule has 1 saturated heterocycles. The lowest BCUT2D eigenvalue weighted by Gasteiger charge is -2.32. The Hall–Kier alpha value is -0.120. The second kappa shape index (κ2) is 7.34. The Kier molecular flexibility index (Phi) is 6.45. The highest BCUT2D eigenvalue weighted by Gasteiger charge is 2.19. The van der Waals surface area contributed by atoms with Crippen LogP contribution in [0.2, 0.25) is 0 Å². The van der Waals surface area contributed by atoms with Crippen molar-refractivity contribution in [2.45, 2.75) is 45.6 Å². The minimum atomic E-state index is 0.250. The maximum atomic E-state index is 5.26. The van der Waals surface area contributed by atoms with E-state index in [0.717, 1.165) is 19.1 Å². The third-order valence-electron chi connectivity index (χ3n) is 3.31. The number of methoxy groups -OCH3 is 1. The van der Waals surface area contributed by atoms with Crippen LogP contribution in [0.4, 0.5) is 0 Å². The summed E-state index contributed by atoms with van der Waals surface area (Å²) in [5, 5.41) is 3.55. The molecule has 0 bridgehead atoms. The Balaban J connectivity index is 2.10. The van der Waals surface area contributed by atoms with Crippen molar-refractivity contribution in [3.05, 3.63) is 0 Å². The van der Waals surface area contributed by atoms with E-state index in [1.165, 1.54) is 38.9 Å². The second-order valence-corrected chi connectivity index (χ2v) is 6.29. The lowest BCUT2D eigenvalue weighted by atomic mass is 9.99. The fraction of sp³-hybridized carbons (Fsp3) is 1.00. The molecule has 1 aliphatic heterocycles. The number of likely N-dealkylation sites (tertiary alicyclic amines) is 1. The molecule has 0 aromatic carbocycles. The number of nitrogens with one attached hydrogen (secondary N) is 1. The van der Waals surface area contributed by atoms with Gasteiger partial charge in [0.2, 0.25) is 0 Å². The molecule has 0 aromatic rings. The van der Waals surface area contributed by atoms with Crippen LogP contribution in [0.5, 0.6) is 0 Å². The Bertz CT molecular complexity index is 199. The van der Waals surface area contributed by atoms with Crippen molar-refractivity contribution >= 4 is 0 Å². The van der Waals surface area contributed by atoms with Crippen LogP contribution in [0.15, 0.2) is 0 Å². The van der Waals surface area contributed by atoms with Crippen LogP contribution in [-0.4, -0.2) is 50.3 Å². The van der Waals surface area contributed by atoms with Crippen LogP contribution in [-0.2, 0) is 4.74 Å². The van der Waals surface area contributed by atoms with Crippen LogP contribution in [0.1, 0.15) is 40.0 Å². The van der Waals surface area contributed by atoms with E-state index >= 15 is 0 Å². The van der Waals surface area contributed by atoms with Gasteiger partial charge in [-0.15, -0.1) is 0 Å². The van der Waals surface area contributed by atoms with Gasteiger partial charge in [-0.25, -0.2) is 0 Å². The van der Waals surface area contributed by atoms with E-state index < -0.39 is 0 Å². The van der Waals surface area contributed by atoms with Crippen molar-refractivity contribution in [3.8, 4) is 0 Å². The Morgan fingerprint density at radius 1 is 1.35 bits per heavy atom. The third kappa shape index (κ3) is 7.02. The summed E-state index contributed by atoms with van der Waals surface area (Å²) < 4.78 is 5.26. The van der Waals surface area contributed by atoms with Crippen molar-refractivity contribution < 1.29 is 4.74 Å². The topological polar surface area (TPSA) is 24.5 Å². The molecule has 17 heavy (non-hydrogen) atoms. The molecule has 0 radical (unpaired) electrons. The van der Waals surface area contributed by atoms with Gasteiger partial charge in [-0.2, -0.15) is 0 Å². The van der Waals surface area contributed by atoms with Crippen molar-refractivity contribution in [2.75, 3.05) is 39.9 Å². The van der Waals surface area contributed by atoms with Crippen LogP contribution >= 0.6 is 0 Å². The lowest BCUT2D eigenvalue weighted by Crippen LogP contribution is -2.40. The van der Waals surface area contributed by atoms with E-state index in [-0.39, 0.29) is 5.54 Å². The fourth-order valence-electron chi connectivity index (χ4n) is 2.49. The normalized spacial score (nSPS) is 22.9. The van der Waals surface area contributed by atoms with Crippen LogP contribution in [0, 0.1) is 5.92 Å². The van der Waals surface area contributed by atoms with Crippen LogP contribution in [0.3, 0.4) is 0 Å². The molecule has 3 heteroatoms. The molecule has 0 amide bonds. The summed E-state index contributed by atoms with van der Waals surface area (Å²) in [6, 6.07) is 0. The lowest BCUT2D eigenvalue weighted by molar-refractivity contribution is 0.0899. The van der Waals surface area contributed by atoms with Gasteiger partial charge in [0, 0.05) is 19.2 Å². The molecular formula is C14H30N2O. The summed E-state index contributed by atoms with van der Waals surface area (Å²) in [6.07, 6.45) is 3.92. The maximum absolute atomic E-state index is 5.26. The van der Waals surface area contributed by atoms with Gasteiger partial charge in [-0.1, -0.05) is 0 Å². The number of nitrogens with zero attached hydrogens (tertiary/aromatic N) is 1. The molecule has 0 saturated carbocycles. The first-order valence-electron chi connectivity index (χ1n) is 6.97. The second-order valence-electron chi connectivity index (χ2n) is 6.29. The monoisotopic (exact) mass is 242 g/mol. The van der Waals surface area contributed by atoms with Crippen molar-refractivity contribution in [1.82, 2.24) is 10.2 Å². The van der Waals surface area contributed by atoms with Crippen LogP contribution < -0.4 is 5.32 Å². The summed E-state index contributed by atoms with van der Waals surface area (Å²) in [6.45, 7) is 12.4. The van der Waals surface area contributed by atoms with Gasteiger partial charge in [0.15, 0.2) is 0 Å². The van der Waals surface area contributed by atoms with E-state index in [4.69, 9.17) is 4.74 Å². The van der Waals surface area contributed by atoms with E-state index in [0.29, 0.717) is 0 Å². The predicted octanol–water partition coefficient (Wildman–Crippen LogP) is 2.12. The average Bonchev–Trinajstić information content (AvgIpc) is 2.24. The maximum Gasteiger partial charge on any atom is 0.0502 e. The van der Waals surface area contributed by atoms with Gasteiger partial charge in [0.1, 0.15) is 0 Å². The first kappa shape index (κ1) is 14.9. The Morgan fingerprint density at radius 3 is 2.76 bits per heavy atom. The molecule has 1 N–H and O–H groups in total. The summed E-state index contributed by atoms with van der Waals surface area (Å²) >= 11 is 0. The minimum Gasteiger partial charge on any atom is -0.384 e. The first-order chi connectivity index (χ1) is 8.01. The van der Waals surface area contributed by atoms with Gasteiger partial charge in [-0.3, -0.25) is 0 Å². The zero-order chi connectivity index (χ0) is 12.7. The quantitative estimate of drug-likeness (QED) is 0.722. The zero-order valence-corrected chi connectivity index (χ0v) is 12.1. The predicted molar refractivity (Wildman–Crippen MR) is 73.4 cm³/mol. The summed E-state index contributed by atoms with van der Waals surface area (Å²) in [5.74, 6) is 0.754. The standard InChI is InChI=1S/C14H30N2O/c1-14(2,3)15-8-6-10-16-9-5-7-13(11-16)12-17-4/h13,15H,5-12H2,1-4H3. The van der Waals surface area contributed by atoms with Crippen molar-refractivity contribution in [3.63, 3.8) is 0 Å². The van der Waals surface area contributed by atoms with Gasteiger partial charge in [0.05, 0.1) is 6.61 Å². The zero-order valence-electron chi connectivity index (χ0n) is 12.1. The first-order valence-corrected chi connectivity index (χ1v) is 6.97. The SMILES string of the molecule is COCC1CCCN(CCCNC(C)(C)C)C1. The molecule has 1 rings (SSSR count). The van der Waals surface area contributed by atoms with E-state index in [2.05, 4.69) is 31.0 Å². The number of piperidine rings is 1. The van der Waals surface area contributed by atoms with Gasteiger partial charge in [-0.05, 0) is 65.6 Å². The van der Waals surface area contributed by atoms with Crippen molar-refractivity contribution in [2.24, 2.45) is 5.92 Å². The molecule has 3 nitrogen and oxygen atoms in total. The largest absolute Gasteiger partial charge is 0.384 e. The number of ether oxygens (including phenoxy) is 1. The molecule has 0 spiro atoms. The van der Waals surface area contributed by atoms with E-state index in [9.17, 15) is 0 Å².